The average Bonchev–Trinajstić information content (AvgIpc) is 3.52. The number of alkyl halides is 3. The third-order valence-electron chi connectivity index (χ3n) is 6.00. The summed E-state index contributed by atoms with van der Waals surface area (Å²) in [4.78, 5) is 32.3. The van der Waals surface area contributed by atoms with Gasteiger partial charge in [0.1, 0.15) is 5.69 Å². The van der Waals surface area contributed by atoms with E-state index in [9.17, 15) is 18.0 Å². The number of benzene rings is 1. The predicted molar refractivity (Wildman–Crippen MR) is 119 cm³/mol. The number of thiazole rings is 1. The van der Waals surface area contributed by atoms with E-state index in [1.54, 1.807) is 11.3 Å². The van der Waals surface area contributed by atoms with Gasteiger partial charge in [-0.25, -0.2) is 9.78 Å². The van der Waals surface area contributed by atoms with Gasteiger partial charge >= 0.3 is 12.1 Å². The maximum absolute atomic E-state index is 13.2. The molecule has 4 heterocycles. The lowest BCUT2D eigenvalue weighted by Gasteiger charge is -2.38. The summed E-state index contributed by atoms with van der Waals surface area (Å²) in [6.07, 6.45) is -3.02. The van der Waals surface area contributed by atoms with Gasteiger partial charge in [-0.1, -0.05) is 30.3 Å². The summed E-state index contributed by atoms with van der Waals surface area (Å²) in [5, 5.41) is 7.12. The minimum Gasteiger partial charge on any atom is -0.475 e. The minimum atomic E-state index is -5.08. The fourth-order valence-corrected chi connectivity index (χ4v) is 5.19. The largest absolute Gasteiger partial charge is 0.490 e. The number of aryl methyl sites for hydroxylation is 1. The molecule has 34 heavy (non-hydrogen) atoms. The number of nitrogens with zero attached hydrogens (tertiary/aromatic N) is 4. The van der Waals surface area contributed by atoms with Crippen LogP contribution in [0.25, 0.3) is 0 Å². The van der Waals surface area contributed by atoms with Gasteiger partial charge in [-0.2, -0.15) is 13.2 Å². The number of rotatable bonds is 4. The van der Waals surface area contributed by atoms with Gasteiger partial charge < -0.3 is 14.6 Å². The zero-order chi connectivity index (χ0) is 24.5. The molecule has 2 aliphatic heterocycles. The topological polar surface area (TPSA) is 78.7 Å². The maximum Gasteiger partial charge on any atom is 0.490 e. The highest BCUT2D eigenvalue weighted by molar-refractivity contribution is 7.09. The number of fused-ring (bicyclic) bond motifs is 3. The van der Waals surface area contributed by atoms with Crippen molar-refractivity contribution in [1.82, 2.24) is 19.4 Å². The van der Waals surface area contributed by atoms with E-state index in [4.69, 9.17) is 9.90 Å². The van der Waals surface area contributed by atoms with Crippen LogP contribution >= 0.6 is 11.3 Å². The Balaban J connectivity index is 0.000000344. The van der Waals surface area contributed by atoms with E-state index in [1.165, 1.54) is 10.4 Å². The third-order valence-corrected chi connectivity index (χ3v) is 6.92. The average molecular weight is 493 g/mol. The number of amides is 1. The molecule has 0 unspecified atom stereocenters. The Kier molecular flexibility index (Phi) is 6.76. The van der Waals surface area contributed by atoms with Crippen LogP contribution in [0.3, 0.4) is 0 Å². The molecule has 0 bridgehead atoms. The van der Waals surface area contributed by atoms with Crippen molar-refractivity contribution in [2.75, 3.05) is 13.1 Å². The van der Waals surface area contributed by atoms with Gasteiger partial charge in [0, 0.05) is 37.3 Å². The molecule has 180 valence electrons. The van der Waals surface area contributed by atoms with Crippen molar-refractivity contribution >= 4 is 23.2 Å². The SMILES string of the molecule is Cc1ncsc1CN1C[C@@H]2[C@H](C1)n1cccc1C(=O)N2Cc1ccccc1.O=C(O)C(F)(F)F. The number of hydrogen-bond acceptors (Lipinski definition) is 5. The molecule has 7 nitrogen and oxygen atoms in total. The normalized spacial score (nSPS) is 19.9. The molecule has 1 fully saturated rings. The van der Waals surface area contributed by atoms with Gasteiger partial charge in [-0.15, -0.1) is 11.3 Å². The number of aliphatic carboxylic acids is 1. The van der Waals surface area contributed by atoms with Crippen LogP contribution in [0.5, 0.6) is 0 Å². The molecule has 11 heteroatoms. The number of carbonyl (C=O) groups is 2. The van der Waals surface area contributed by atoms with Crippen molar-refractivity contribution < 1.29 is 27.9 Å². The summed E-state index contributed by atoms with van der Waals surface area (Å²) < 4.78 is 33.9. The van der Waals surface area contributed by atoms with Crippen molar-refractivity contribution in [3.05, 3.63) is 76.0 Å². The first-order valence-electron chi connectivity index (χ1n) is 10.6. The molecule has 0 spiro atoms. The van der Waals surface area contributed by atoms with Crippen molar-refractivity contribution in [2.45, 2.75) is 38.3 Å². The zero-order valence-electron chi connectivity index (χ0n) is 18.3. The monoisotopic (exact) mass is 492 g/mol. The van der Waals surface area contributed by atoms with Gasteiger partial charge in [-0.3, -0.25) is 9.69 Å². The highest BCUT2D eigenvalue weighted by Gasteiger charge is 2.45. The quantitative estimate of drug-likeness (QED) is 0.597. The van der Waals surface area contributed by atoms with Crippen molar-refractivity contribution in [1.29, 1.82) is 0 Å². The molecule has 1 amide bonds. The molecule has 2 atom stereocenters. The van der Waals surface area contributed by atoms with E-state index in [0.717, 1.165) is 31.0 Å². The molecule has 0 aliphatic carbocycles. The van der Waals surface area contributed by atoms with Crippen LogP contribution in [0.4, 0.5) is 13.2 Å². The van der Waals surface area contributed by atoms with Crippen LogP contribution in [0.1, 0.15) is 32.7 Å². The van der Waals surface area contributed by atoms with E-state index < -0.39 is 12.1 Å². The van der Waals surface area contributed by atoms with E-state index in [-0.39, 0.29) is 11.9 Å². The van der Waals surface area contributed by atoms with Crippen LogP contribution in [0.2, 0.25) is 0 Å². The molecular formula is C23H23F3N4O3S. The van der Waals surface area contributed by atoms with E-state index in [1.807, 2.05) is 35.8 Å². The summed E-state index contributed by atoms with van der Waals surface area (Å²) >= 11 is 1.72. The first-order valence-corrected chi connectivity index (χ1v) is 11.5. The van der Waals surface area contributed by atoms with Gasteiger partial charge in [0.2, 0.25) is 0 Å². The van der Waals surface area contributed by atoms with Crippen molar-refractivity contribution in [3.8, 4) is 0 Å². The zero-order valence-corrected chi connectivity index (χ0v) is 19.1. The Morgan fingerprint density at radius 3 is 2.41 bits per heavy atom. The van der Waals surface area contributed by atoms with Gasteiger partial charge in [0.05, 0.1) is 23.3 Å². The number of carbonyl (C=O) groups excluding carboxylic acids is 1. The fourth-order valence-electron chi connectivity index (χ4n) is 4.37. The lowest BCUT2D eigenvalue weighted by molar-refractivity contribution is -0.192. The summed E-state index contributed by atoms with van der Waals surface area (Å²) in [6, 6.07) is 14.8. The smallest absolute Gasteiger partial charge is 0.475 e. The number of hydrogen-bond donors (Lipinski definition) is 1. The van der Waals surface area contributed by atoms with E-state index >= 15 is 0 Å². The van der Waals surface area contributed by atoms with Crippen LogP contribution in [-0.2, 0) is 17.9 Å². The summed E-state index contributed by atoms with van der Waals surface area (Å²) in [7, 11) is 0. The molecular weight excluding hydrogens is 469 g/mol. The molecule has 1 saturated heterocycles. The number of halogens is 3. The van der Waals surface area contributed by atoms with Crippen molar-refractivity contribution in [3.63, 3.8) is 0 Å². The predicted octanol–water partition coefficient (Wildman–Crippen LogP) is 3.97. The Morgan fingerprint density at radius 2 is 1.79 bits per heavy atom. The lowest BCUT2D eigenvalue weighted by Crippen LogP contribution is -2.49. The molecule has 2 aromatic heterocycles. The van der Waals surface area contributed by atoms with Gasteiger partial charge in [0.25, 0.3) is 5.91 Å². The minimum absolute atomic E-state index is 0.140. The highest BCUT2D eigenvalue weighted by atomic mass is 32.1. The highest BCUT2D eigenvalue weighted by Crippen LogP contribution is 2.35. The van der Waals surface area contributed by atoms with Crippen molar-refractivity contribution in [2.24, 2.45) is 0 Å². The Hall–Kier alpha value is -3.18. The van der Waals surface area contributed by atoms with E-state index in [2.05, 4.69) is 44.6 Å². The lowest BCUT2D eigenvalue weighted by atomic mass is 10.0. The number of aromatic nitrogens is 2. The standard InChI is InChI=1S/C21H22N4OS.C2HF3O2/c1-15-20(27-14-22-15)13-23-11-18-19(12-23)25(10-16-6-3-2-4-7-16)21(26)17-8-5-9-24(17)18;3-2(4,5)1(6)7/h2-9,14,18-19H,10-13H2,1H3;(H,6,7)/t18-,19+;/m0./s1. The Bertz CT molecular complexity index is 1160. The Morgan fingerprint density at radius 1 is 1.12 bits per heavy atom. The first kappa shape index (κ1) is 24.0. The first-order chi connectivity index (χ1) is 16.1. The summed E-state index contributed by atoms with van der Waals surface area (Å²) in [5.74, 6) is -2.62. The van der Waals surface area contributed by atoms with Crippen LogP contribution in [0.15, 0.2) is 54.2 Å². The van der Waals surface area contributed by atoms with Crippen LogP contribution in [0, 0.1) is 6.92 Å². The molecule has 3 aromatic rings. The second-order valence-electron chi connectivity index (χ2n) is 8.21. The maximum atomic E-state index is 13.2. The second-order valence-corrected chi connectivity index (χ2v) is 9.15. The molecule has 1 aromatic carbocycles. The molecule has 0 saturated carbocycles. The van der Waals surface area contributed by atoms with E-state index in [0.29, 0.717) is 12.6 Å². The molecule has 2 aliphatic rings. The van der Waals surface area contributed by atoms with Gasteiger partial charge in [0.15, 0.2) is 0 Å². The third kappa shape index (κ3) is 5.00. The number of carboxylic acids is 1. The fraction of sp³-hybridized carbons (Fsp3) is 0.348. The molecule has 0 radical (unpaired) electrons. The summed E-state index contributed by atoms with van der Waals surface area (Å²) in [5.41, 5.74) is 5.03. The summed E-state index contributed by atoms with van der Waals surface area (Å²) in [6.45, 7) is 5.51. The number of likely N-dealkylation sites (tertiary alicyclic amines) is 1. The van der Waals surface area contributed by atoms with Crippen LogP contribution < -0.4 is 0 Å². The van der Waals surface area contributed by atoms with Crippen LogP contribution in [-0.4, -0.2) is 61.6 Å². The number of carboxylic acid groups (broad SMARTS) is 1. The van der Waals surface area contributed by atoms with Gasteiger partial charge in [-0.05, 0) is 24.6 Å². The molecule has 1 N–H and O–H groups in total. The Labute approximate surface area is 198 Å². The molecule has 5 rings (SSSR count). The second kappa shape index (κ2) is 9.59.